The monoisotopic (exact) mass is 223 g/mol. The first-order valence-corrected chi connectivity index (χ1v) is 5.39. The van der Waals surface area contributed by atoms with Crippen LogP contribution in [0.2, 0.25) is 0 Å². The number of hydrogen-bond donors (Lipinski definition) is 1. The molecule has 0 unspecified atom stereocenters. The molecule has 0 atom stereocenters. The van der Waals surface area contributed by atoms with Crippen LogP contribution in [-0.2, 0) is 6.54 Å². The number of rotatable bonds is 3. The van der Waals surface area contributed by atoms with Crippen LogP contribution in [0.15, 0.2) is 23.7 Å². The summed E-state index contributed by atoms with van der Waals surface area (Å²) in [6.07, 6.45) is 0. The van der Waals surface area contributed by atoms with Gasteiger partial charge in [-0.2, -0.15) is 0 Å². The van der Waals surface area contributed by atoms with Gasteiger partial charge in [-0.3, -0.25) is 0 Å². The summed E-state index contributed by atoms with van der Waals surface area (Å²) in [6, 6.07) is 5.06. The Morgan fingerprint density at radius 2 is 2.33 bits per heavy atom. The van der Waals surface area contributed by atoms with Crippen molar-refractivity contribution in [3.05, 3.63) is 40.7 Å². The maximum Gasteiger partial charge on any atom is 0.205 e. The minimum atomic E-state index is -0.197. The summed E-state index contributed by atoms with van der Waals surface area (Å²) in [5.41, 5.74) is 3.32. The van der Waals surface area contributed by atoms with Crippen molar-refractivity contribution < 1.29 is 4.39 Å². The quantitative estimate of drug-likeness (QED) is 0.869. The van der Waals surface area contributed by atoms with E-state index in [4.69, 9.17) is 0 Å². The van der Waals surface area contributed by atoms with Crippen molar-refractivity contribution in [3.63, 3.8) is 0 Å². The van der Waals surface area contributed by atoms with Gasteiger partial charge in [0.1, 0.15) is 11.3 Å². The third-order valence-electron chi connectivity index (χ3n) is 1.99. The molecule has 1 aromatic carbocycles. The molecule has 1 N–H and O–H groups in total. The van der Waals surface area contributed by atoms with E-state index in [0.29, 0.717) is 17.2 Å². The van der Waals surface area contributed by atoms with Crippen molar-refractivity contribution in [1.82, 2.24) is 10.2 Å². The van der Waals surface area contributed by atoms with Crippen LogP contribution < -0.4 is 5.32 Å². The number of nitrogens with zero attached hydrogens (tertiary/aromatic N) is 2. The second-order valence-electron chi connectivity index (χ2n) is 3.19. The highest BCUT2D eigenvalue weighted by Crippen LogP contribution is 2.14. The predicted octanol–water partition coefficient (Wildman–Crippen LogP) is 2.60. The Kier molecular flexibility index (Phi) is 2.91. The molecule has 0 radical (unpaired) electrons. The molecule has 0 aliphatic rings. The van der Waals surface area contributed by atoms with Crippen molar-refractivity contribution in [3.8, 4) is 0 Å². The molecule has 0 aliphatic carbocycles. The number of nitrogens with one attached hydrogen (secondary N) is 1. The first-order valence-electron chi connectivity index (χ1n) is 4.51. The van der Waals surface area contributed by atoms with Crippen molar-refractivity contribution in [2.45, 2.75) is 13.5 Å². The topological polar surface area (TPSA) is 37.8 Å². The number of halogens is 1. The lowest BCUT2D eigenvalue weighted by Crippen LogP contribution is -2.01. The molecule has 0 spiro atoms. The summed E-state index contributed by atoms with van der Waals surface area (Å²) in [5.74, 6) is -0.197. The Hall–Kier alpha value is -1.49. The first-order chi connectivity index (χ1) is 7.25. The van der Waals surface area contributed by atoms with E-state index in [9.17, 15) is 4.39 Å². The highest BCUT2D eigenvalue weighted by atomic mass is 32.1. The van der Waals surface area contributed by atoms with E-state index in [1.54, 1.807) is 11.6 Å². The molecular formula is C10H10FN3S. The Labute approximate surface area is 91.0 Å². The van der Waals surface area contributed by atoms with E-state index in [0.717, 1.165) is 5.56 Å². The van der Waals surface area contributed by atoms with Gasteiger partial charge >= 0.3 is 0 Å². The normalized spacial score (nSPS) is 10.3. The zero-order valence-corrected chi connectivity index (χ0v) is 9.01. The van der Waals surface area contributed by atoms with Crippen LogP contribution in [-0.4, -0.2) is 10.2 Å². The van der Waals surface area contributed by atoms with E-state index in [1.807, 2.05) is 13.0 Å². The summed E-state index contributed by atoms with van der Waals surface area (Å²) in [7, 11) is 0. The van der Waals surface area contributed by atoms with Crippen LogP contribution in [0, 0.1) is 12.7 Å². The van der Waals surface area contributed by atoms with Gasteiger partial charge in [0.05, 0.1) is 0 Å². The van der Waals surface area contributed by atoms with E-state index in [1.165, 1.54) is 17.4 Å². The van der Waals surface area contributed by atoms with Crippen LogP contribution in [0.1, 0.15) is 11.1 Å². The van der Waals surface area contributed by atoms with Crippen LogP contribution in [0.4, 0.5) is 9.52 Å². The van der Waals surface area contributed by atoms with Gasteiger partial charge in [-0.05, 0) is 13.0 Å². The van der Waals surface area contributed by atoms with Crippen LogP contribution in [0.3, 0.4) is 0 Å². The van der Waals surface area contributed by atoms with Gasteiger partial charge in [0.15, 0.2) is 0 Å². The first kappa shape index (κ1) is 10.0. The van der Waals surface area contributed by atoms with Crippen LogP contribution in [0.25, 0.3) is 0 Å². The second kappa shape index (κ2) is 4.35. The number of benzene rings is 1. The van der Waals surface area contributed by atoms with E-state index >= 15 is 0 Å². The lowest BCUT2D eigenvalue weighted by atomic mass is 10.1. The third kappa shape index (κ3) is 2.50. The fraction of sp³-hybridized carbons (Fsp3) is 0.200. The Morgan fingerprint density at radius 1 is 1.47 bits per heavy atom. The molecule has 0 saturated heterocycles. The summed E-state index contributed by atoms with van der Waals surface area (Å²) in [6.45, 7) is 2.37. The standard InChI is InChI=1S/C10H10FN3S/c1-7-2-3-9(11)8(4-7)5-12-10-14-13-6-15-10/h2-4,6H,5H2,1H3,(H,12,14). The van der Waals surface area contributed by atoms with Gasteiger partial charge in [-0.1, -0.05) is 29.0 Å². The molecule has 0 fully saturated rings. The molecule has 2 aromatic rings. The summed E-state index contributed by atoms with van der Waals surface area (Å²) in [5, 5.41) is 11.2. The molecule has 0 saturated carbocycles. The van der Waals surface area contributed by atoms with E-state index in [-0.39, 0.29) is 5.82 Å². The number of anilines is 1. The van der Waals surface area contributed by atoms with Crippen LogP contribution >= 0.6 is 11.3 Å². The zero-order chi connectivity index (χ0) is 10.7. The molecule has 0 aliphatic heterocycles. The molecule has 5 heteroatoms. The van der Waals surface area contributed by atoms with Crippen molar-refractivity contribution >= 4 is 16.5 Å². The largest absolute Gasteiger partial charge is 0.356 e. The number of aryl methyl sites for hydroxylation is 1. The van der Waals surface area contributed by atoms with Crippen LogP contribution in [0.5, 0.6) is 0 Å². The Balaban J connectivity index is 2.07. The van der Waals surface area contributed by atoms with E-state index in [2.05, 4.69) is 15.5 Å². The lowest BCUT2D eigenvalue weighted by molar-refractivity contribution is 0.612. The van der Waals surface area contributed by atoms with Gasteiger partial charge in [0.2, 0.25) is 5.13 Å². The average molecular weight is 223 g/mol. The molecular weight excluding hydrogens is 213 g/mol. The maximum absolute atomic E-state index is 13.3. The fourth-order valence-corrected chi connectivity index (χ4v) is 1.70. The average Bonchev–Trinajstić information content (AvgIpc) is 2.72. The molecule has 1 aromatic heterocycles. The molecule has 3 nitrogen and oxygen atoms in total. The molecule has 0 bridgehead atoms. The third-order valence-corrected chi connectivity index (χ3v) is 2.64. The zero-order valence-electron chi connectivity index (χ0n) is 8.20. The van der Waals surface area contributed by atoms with Crippen molar-refractivity contribution in [1.29, 1.82) is 0 Å². The molecule has 0 amide bonds. The molecule has 15 heavy (non-hydrogen) atoms. The smallest absolute Gasteiger partial charge is 0.205 e. The lowest BCUT2D eigenvalue weighted by Gasteiger charge is -2.04. The highest BCUT2D eigenvalue weighted by Gasteiger charge is 2.02. The predicted molar refractivity (Wildman–Crippen MR) is 58.4 cm³/mol. The van der Waals surface area contributed by atoms with E-state index < -0.39 is 0 Å². The Bertz CT molecular complexity index is 442. The van der Waals surface area contributed by atoms with Gasteiger partial charge in [-0.25, -0.2) is 4.39 Å². The summed E-state index contributed by atoms with van der Waals surface area (Å²) in [4.78, 5) is 0. The Morgan fingerprint density at radius 3 is 3.07 bits per heavy atom. The second-order valence-corrected chi connectivity index (χ2v) is 4.03. The van der Waals surface area contributed by atoms with Gasteiger partial charge in [0, 0.05) is 12.1 Å². The number of hydrogen-bond acceptors (Lipinski definition) is 4. The van der Waals surface area contributed by atoms with Crippen molar-refractivity contribution in [2.24, 2.45) is 0 Å². The summed E-state index contributed by atoms with van der Waals surface area (Å²) < 4.78 is 13.3. The number of aromatic nitrogens is 2. The minimum Gasteiger partial charge on any atom is -0.356 e. The maximum atomic E-state index is 13.3. The SMILES string of the molecule is Cc1ccc(F)c(CNc2nncs2)c1. The van der Waals surface area contributed by atoms with Gasteiger partial charge < -0.3 is 5.32 Å². The summed E-state index contributed by atoms with van der Waals surface area (Å²) >= 11 is 1.40. The van der Waals surface area contributed by atoms with Crippen molar-refractivity contribution in [2.75, 3.05) is 5.32 Å². The minimum absolute atomic E-state index is 0.197. The highest BCUT2D eigenvalue weighted by molar-refractivity contribution is 7.13. The molecule has 78 valence electrons. The van der Waals surface area contributed by atoms with Gasteiger partial charge in [-0.15, -0.1) is 10.2 Å². The molecule has 1 heterocycles. The van der Waals surface area contributed by atoms with Gasteiger partial charge in [0.25, 0.3) is 0 Å². The molecule has 2 rings (SSSR count). The fourth-order valence-electron chi connectivity index (χ4n) is 1.26.